The third-order valence-corrected chi connectivity index (χ3v) is 5.51. The van der Waals surface area contributed by atoms with E-state index in [4.69, 9.17) is 4.74 Å². The highest BCUT2D eigenvalue weighted by molar-refractivity contribution is 4.98. The number of hydrogen-bond acceptors (Lipinski definition) is 3. The van der Waals surface area contributed by atoms with Gasteiger partial charge >= 0.3 is 0 Å². The van der Waals surface area contributed by atoms with Gasteiger partial charge in [0.1, 0.15) is 0 Å². The number of ether oxygens (including phenoxy) is 1. The Kier molecular flexibility index (Phi) is 3.10. The molecule has 18 heavy (non-hydrogen) atoms. The van der Waals surface area contributed by atoms with E-state index in [2.05, 4.69) is 9.80 Å². The molecule has 102 valence electrons. The van der Waals surface area contributed by atoms with Crippen molar-refractivity contribution in [3.8, 4) is 0 Å². The summed E-state index contributed by atoms with van der Waals surface area (Å²) in [7, 11) is 0. The van der Waals surface area contributed by atoms with Crippen LogP contribution in [0.5, 0.6) is 0 Å². The Balaban J connectivity index is 1.27. The predicted octanol–water partition coefficient (Wildman–Crippen LogP) is 1.44. The van der Waals surface area contributed by atoms with Gasteiger partial charge in [-0.3, -0.25) is 4.90 Å². The Morgan fingerprint density at radius 2 is 1.50 bits per heavy atom. The maximum atomic E-state index is 5.46. The Morgan fingerprint density at radius 1 is 0.833 bits per heavy atom. The molecule has 0 aromatic carbocycles. The second-order valence-electron chi connectivity index (χ2n) is 6.98. The Labute approximate surface area is 110 Å². The molecule has 2 atom stereocenters. The summed E-state index contributed by atoms with van der Waals surface area (Å²) in [4.78, 5) is 5.54. The molecule has 3 saturated heterocycles. The van der Waals surface area contributed by atoms with Crippen molar-refractivity contribution in [1.29, 1.82) is 0 Å². The molecular weight excluding hydrogens is 224 g/mol. The Hall–Kier alpha value is -0.120. The van der Waals surface area contributed by atoms with Gasteiger partial charge in [0.15, 0.2) is 0 Å². The van der Waals surface area contributed by atoms with E-state index in [1.54, 1.807) is 0 Å². The van der Waals surface area contributed by atoms with E-state index in [1.807, 2.05) is 0 Å². The minimum absolute atomic E-state index is 0.914. The van der Waals surface area contributed by atoms with Gasteiger partial charge in [-0.2, -0.15) is 0 Å². The van der Waals surface area contributed by atoms with E-state index in [1.165, 1.54) is 58.4 Å². The van der Waals surface area contributed by atoms with E-state index in [0.29, 0.717) is 0 Å². The van der Waals surface area contributed by atoms with Gasteiger partial charge in [-0.25, -0.2) is 0 Å². The standard InChI is InChI=1S/C15H26N2O/c1-2-15(1)17-10-13-8-16(9-14(13)11-17)7-12-3-5-18-6-4-12/h12-15H,1-11H2. The fourth-order valence-corrected chi connectivity index (χ4v) is 4.31. The van der Waals surface area contributed by atoms with Crippen molar-refractivity contribution in [3.05, 3.63) is 0 Å². The fraction of sp³-hybridized carbons (Fsp3) is 1.00. The first kappa shape index (κ1) is 11.7. The quantitative estimate of drug-likeness (QED) is 0.754. The van der Waals surface area contributed by atoms with Crippen molar-refractivity contribution < 1.29 is 4.74 Å². The van der Waals surface area contributed by atoms with Crippen molar-refractivity contribution in [2.45, 2.75) is 31.7 Å². The molecule has 3 heterocycles. The first-order valence-corrected chi connectivity index (χ1v) is 7.92. The van der Waals surface area contributed by atoms with Gasteiger partial charge in [0.2, 0.25) is 0 Å². The largest absolute Gasteiger partial charge is 0.381 e. The lowest BCUT2D eigenvalue weighted by molar-refractivity contribution is 0.0541. The van der Waals surface area contributed by atoms with Crippen LogP contribution in [-0.4, -0.2) is 61.8 Å². The Morgan fingerprint density at radius 3 is 2.11 bits per heavy atom. The molecule has 0 radical (unpaired) electrons. The van der Waals surface area contributed by atoms with Crippen molar-refractivity contribution in [3.63, 3.8) is 0 Å². The van der Waals surface area contributed by atoms with Crippen molar-refractivity contribution in [2.24, 2.45) is 17.8 Å². The number of fused-ring (bicyclic) bond motifs is 1. The molecule has 0 aromatic heterocycles. The van der Waals surface area contributed by atoms with Crippen molar-refractivity contribution in [1.82, 2.24) is 9.80 Å². The average Bonchev–Trinajstić information content (AvgIpc) is 3.05. The van der Waals surface area contributed by atoms with Gasteiger partial charge in [0.25, 0.3) is 0 Å². The lowest BCUT2D eigenvalue weighted by Crippen LogP contribution is -2.34. The molecule has 3 nitrogen and oxygen atoms in total. The second-order valence-corrected chi connectivity index (χ2v) is 6.98. The number of likely N-dealkylation sites (tertiary alicyclic amines) is 2. The van der Waals surface area contributed by atoms with Crippen LogP contribution >= 0.6 is 0 Å². The summed E-state index contributed by atoms with van der Waals surface area (Å²) in [5.41, 5.74) is 0. The third-order valence-electron chi connectivity index (χ3n) is 5.51. The number of nitrogens with zero attached hydrogens (tertiary/aromatic N) is 2. The molecule has 3 heteroatoms. The van der Waals surface area contributed by atoms with Crippen molar-refractivity contribution >= 4 is 0 Å². The summed E-state index contributed by atoms with van der Waals surface area (Å²) in [6.07, 6.45) is 5.54. The van der Waals surface area contributed by atoms with Crippen LogP contribution in [0.1, 0.15) is 25.7 Å². The predicted molar refractivity (Wildman–Crippen MR) is 71.6 cm³/mol. The number of rotatable bonds is 3. The van der Waals surface area contributed by atoms with E-state index < -0.39 is 0 Å². The van der Waals surface area contributed by atoms with Gasteiger partial charge in [-0.1, -0.05) is 0 Å². The molecule has 0 aromatic rings. The maximum absolute atomic E-state index is 5.46. The first-order valence-electron chi connectivity index (χ1n) is 7.92. The van der Waals surface area contributed by atoms with Crippen LogP contribution in [0.25, 0.3) is 0 Å². The highest BCUT2D eigenvalue weighted by atomic mass is 16.5. The maximum Gasteiger partial charge on any atom is 0.0469 e. The summed E-state index contributed by atoms with van der Waals surface area (Å²) in [6, 6.07) is 0.986. The molecular formula is C15H26N2O. The summed E-state index contributed by atoms with van der Waals surface area (Å²) >= 11 is 0. The van der Waals surface area contributed by atoms with Crippen LogP contribution in [0, 0.1) is 17.8 Å². The normalized spacial score (nSPS) is 39.3. The topological polar surface area (TPSA) is 15.7 Å². The van der Waals surface area contributed by atoms with E-state index in [9.17, 15) is 0 Å². The van der Waals surface area contributed by atoms with Crippen LogP contribution in [-0.2, 0) is 4.74 Å². The van der Waals surface area contributed by atoms with Crippen LogP contribution in [0.4, 0.5) is 0 Å². The molecule has 0 spiro atoms. The van der Waals surface area contributed by atoms with E-state index in [-0.39, 0.29) is 0 Å². The van der Waals surface area contributed by atoms with Crippen LogP contribution < -0.4 is 0 Å². The van der Waals surface area contributed by atoms with Gasteiger partial charge in [0.05, 0.1) is 0 Å². The zero-order valence-electron chi connectivity index (χ0n) is 11.4. The minimum atomic E-state index is 0.914. The van der Waals surface area contributed by atoms with Gasteiger partial charge in [-0.15, -0.1) is 0 Å². The van der Waals surface area contributed by atoms with Gasteiger partial charge in [-0.05, 0) is 43.4 Å². The second kappa shape index (κ2) is 4.77. The molecule has 0 amide bonds. The summed E-state index contributed by atoms with van der Waals surface area (Å²) in [5.74, 6) is 2.90. The van der Waals surface area contributed by atoms with Gasteiger partial charge in [0, 0.05) is 52.0 Å². The van der Waals surface area contributed by atoms with Crippen LogP contribution in [0.15, 0.2) is 0 Å². The first-order chi connectivity index (χ1) is 8.88. The lowest BCUT2D eigenvalue weighted by atomic mass is 10.00. The highest BCUT2D eigenvalue weighted by Crippen LogP contribution is 2.38. The third kappa shape index (κ3) is 2.33. The zero-order chi connectivity index (χ0) is 11.9. The average molecular weight is 250 g/mol. The molecule has 0 bridgehead atoms. The van der Waals surface area contributed by atoms with E-state index in [0.717, 1.165) is 37.0 Å². The van der Waals surface area contributed by atoms with Gasteiger partial charge < -0.3 is 9.64 Å². The van der Waals surface area contributed by atoms with Crippen LogP contribution in [0.2, 0.25) is 0 Å². The monoisotopic (exact) mass is 250 g/mol. The molecule has 4 aliphatic rings. The Bertz CT molecular complexity index is 285. The fourth-order valence-electron chi connectivity index (χ4n) is 4.31. The molecule has 4 fully saturated rings. The molecule has 3 aliphatic heterocycles. The lowest BCUT2D eigenvalue weighted by Gasteiger charge is -2.28. The SMILES string of the molecule is C1CC(CN2CC3CN(C4CC4)CC3C2)CCO1. The van der Waals surface area contributed by atoms with E-state index >= 15 is 0 Å². The summed E-state index contributed by atoms with van der Waals surface area (Å²) in [5, 5.41) is 0. The molecule has 1 saturated carbocycles. The molecule has 1 aliphatic carbocycles. The minimum Gasteiger partial charge on any atom is -0.381 e. The zero-order valence-corrected chi connectivity index (χ0v) is 11.4. The molecule has 0 N–H and O–H groups in total. The summed E-state index contributed by atoms with van der Waals surface area (Å²) < 4.78 is 5.46. The number of hydrogen-bond donors (Lipinski definition) is 0. The van der Waals surface area contributed by atoms with Crippen molar-refractivity contribution in [2.75, 3.05) is 45.9 Å². The molecule has 2 unspecified atom stereocenters. The van der Waals surface area contributed by atoms with Crippen LogP contribution in [0.3, 0.4) is 0 Å². The molecule has 4 rings (SSSR count). The summed E-state index contributed by atoms with van der Waals surface area (Å²) in [6.45, 7) is 8.91. The smallest absolute Gasteiger partial charge is 0.0469 e. The highest BCUT2D eigenvalue weighted by Gasteiger charge is 2.44.